The lowest BCUT2D eigenvalue weighted by molar-refractivity contribution is -0.153. The van der Waals surface area contributed by atoms with E-state index in [1.165, 1.54) is 0 Å². The Morgan fingerprint density at radius 2 is 2.14 bits per heavy atom. The third-order valence-electron chi connectivity index (χ3n) is 1.36. The zero-order valence-electron chi connectivity index (χ0n) is 9.22. The summed E-state index contributed by atoms with van der Waals surface area (Å²) in [4.78, 5) is 11.2. The number of hydrogen-bond donors (Lipinski definition) is 1. The molecule has 1 N–H and O–H groups in total. The molecule has 0 bridgehead atoms. The van der Waals surface area contributed by atoms with Crippen molar-refractivity contribution in [2.75, 3.05) is 13.1 Å². The SMILES string of the molecule is C#CCCCNCC(=O)OC(C)(C)C. The number of rotatable bonds is 5. The van der Waals surface area contributed by atoms with Crippen LogP contribution in [0.3, 0.4) is 0 Å². The number of nitrogens with one attached hydrogen (secondary N) is 1. The van der Waals surface area contributed by atoms with E-state index in [1.54, 1.807) is 0 Å². The Kier molecular flexibility index (Phi) is 5.98. The Bertz CT molecular complexity index is 210. The maximum atomic E-state index is 11.2. The van der Waals surface area contributed by atoms with Crippen molar-refractivity contribution in [2.24, 2.45) is 0 Å². The fourth-order valence-electron chi connectivity index (χ4n) is 0.883. The second-order valence-corrected chi connectivity index (χ2v) is 4.07. The van der Waals surface area contributed by atoms with Gasteiger partial charge in [-0.1, -0.05) is 0 Å². The smallest absolute Gasteiger partial charge is 0.320 e. The molecule has 0 spiro atoms. The van der Waals surface area contributed by atoms with Gasteiger partial charge in [-0.3, -0.25) is 4.79 Å². The molecular weight excluding hydrogens is 178 g/mol. The Hall–Kier alpha value is -1.01. The van der Waals surface area contributed by atoms with Gasteiger partial charge in [0, 0.05) is 6.42 Å². The first kappa shape index (κ1) is 13.0. The van der Waals surface area contributed by atoms with E-state index in [0.29, 0.717) is 0 Å². The summed E-state index contributed by atoms with van der Waals surface area (Å²) in [6.45, 7) is 6.56. The molecule has 0 aliphatic heterocycles. The summed E-state index contributed by atoms with van der Waals surface area (Å²) in [5.74, 6) is 2.31. The third-order valence-corrected chi connectivity index (χ3v) is 1.36. The minimum absolute atomic E-state index is 0.224. The number of unbranched alkanes of at least 4 members (excludes halogenated alkanes) is 1. The predicted molar refractivity (Wildman–Crippen MR) is 56.8 cm³/mol. The van der Waals surface area contributed by atoms with Crippen molar-refractivity contribution in [1.82, 2.24) is 5.32 Å². The third kappa shape index (κ3) is 9.08. The van der Waals surface area contributed by atoms with Crippen LogP contribution in [0.2, 0.25) is 0 Å². The number of ether oxygens (including phenoxy) is 1. The van der Waals surface area contributed by atoms with E-state index in [-0.39, 0.29) is 12.5 Å². The fraction of sp³-hybridized carbons (Fsp3) is 0.727. The van der Waals surface area contributed by atoms with Gasteiger partial charge in [-0.2, -0.15) is 0 Å². The molecule has 0 amide bonds. The maximum Gasteiger partial charge on any atom is 0.320 e. The molecule has 0 heterocycles. The molecule has 0 aliphatic carbocycles. The first-order chi connectivity index (χ1) is 6.45. The summed E-state index contributed by atoms with van der Waals surface area (Å²) >= 11 is 0. The van der Waals surface area contributed by atoms with Gasteiger partial charge in [0.05, 0.1) is 6.54 Å². The Balaban J connectivity index is 3.42. The number of terminal acetylenes is 1. The molecule has 0 saturated carbocycles. The van der Waals surface area contributed by atoms with E-state index in [4.69, 9.17) is 11.2 Å². The van der Waals surface area contributed by atoms with Crippen LogP contribution in [0.15, 0.2) is 0 Å². The van der Waals surface area contributed by atoms with Gasteiger partial charge in [-0.25, -0.2) is 0 Å². The molecular formula is C11H19NO2. The van der Waals surface area contributed by atoms with Crippen molar-refractivity contribution < 1.29 is 9.53 Å². The standard InChI is InChI=1S/C11H19NO2/c1-5-6-7-8-12-9-10(13)14-11(2,3)4/h1,12H,6-9H2,2-4H3. The lowest BCUT2D eigenvalue weighted by Crippen LogP contribution is -2.31. The molecule has 0 radical (unpaired) electrons. The second-order valence-electron chi connectivity index (χ2n) is 4.07. The van der Waals surface area contributed by atoms with Crippen molar-refractivity contribution in [3.8, 4) is 12.3 Å². The van der Waals surface area contributed by atoms with Gasteiger partial charge in [0.2, 0.25) is 0 Å². The van der Waals surface area contributed by atoms with Crippen molar-refractivity contribution >= 4 is 5.97 Å². The lowest BCUT2D eigenvalue weighted by Gasteiger charge is -2.19. The Morgan fingerprint density at radius 3 is 2.64 bits per heavy atom. The van der Waals surface area contributed by atoms with E-state index in [2.05, 4.69) is 11.2 Å². The monoisotopic (exact) mass is 197 g/mol. The van der Waals surface area contributed by atoms with Crippen LogP contribution < -0.4 is 5.32 Å². The van der Waals surface area contributed by atoms with Gasteiger partial charge in [-0.15, -0.1) is 12.3 Å². The van der Waals surface area contributed by atoms with Crippen LogP contribution >= 0.6 is 0 Å². The molecule has 0 saturated heterocycles. The average molecular weight is 197 g/mol. The number of hydrogen-bond acceptors (Lipinski definition) is 3. The van der Waals surface area contributed by atoms with Crippen molar-refractivity contribution in [1.29, 1.82) is 0 Å². The topological polar surface area (TPSA) is 38.3 Å². The van der Waals surface area contributed by atoms with E-state index in [0.717, 1.165) is 19.4 Å². The van der Waals surface area contributed by atoms with Gasteiger partial charge >= 0.3 is 5.97 Å². The summed E-state index contributed by atoms with van der Waals surface area (Å²) < 4.78 is 5.10. The average Bonchev–Trinajstić information content (AvgIpc) is 2.00. The van der Waals surface area contributed by atoms with E-state index < -0.39 is 5.60 Å². The summed E-state index contributed by atoms with van der Waals surface area (Å²) in [6.07, 6.45) is 6.71. The fourth-order valence-corrected chi connectivity index (χ4v) is 0.883. The van der Waals surface area contributed by atoms with E-state index in [9.17, 15) is 4.79 Å². The van der Waals surface area contributed by atoms with Crippen LogP contribution in [0, 0.1) is 12.3 Å². The van der Waals surface area contributed by atoms with Crippen LogP contribution in [0.5, 0.6) is 0 Å². The summed E-state index contributed by atoms with van der Waals surface area (Å²) in [5.41, 5.74) is -0.405. The quantitative estimate of drug-likeness (QED) is 0.410. The van der Waals surface area contributed by atoms with Crippen LogP contribution in [0.1, 0.15) is 33.6 Å². The van der Waals surface area contributed by atoms with Gasteiger partial charge in [0.1, 0.15) is 5.60 Å². The first-order valence-electron chi connectivity index (χ1n) is 4.82. The normalized spacial score (nSPS) is 10.7. The molecule has 3 nitrogen and oxygen atoms in total. The van der Waals surface area contributed by atoms with E-state index >= 15 is 0 Å². The van der Waals surface area contributed by atoms with Crippen LogP contribution in [-0.2, 0) is 9.53 Å². The van der Waals surface area contributed by atoms with Crippen LogP contribution in [0.4, 0.5) is 0 Å². The van der Waals surface area contributed by atoms with Gasteiger partial charge in [0.15, 0.2) is 0 Å². The summed E-state index contributed by atoms with van der Waals surface area (Å²) in [5, 5.41) is 2.97. The minimum Gasteiger partial charge on any atom is -0.459 e. The second kappa shape index (κ2) is 6.44. The highest BCUT2D eigenvalue weighted by Gasteiger charge is 2.15. The first-order valence-corrected chi connectivity index (χ1v) is 4.82. The van der Waals surface area contributed by atoms with Crippen molar-refractivity contribution in [3.05, 3.63) is 0 Å². The lowest BCUT2D eigenvalue weighted by atomic mass is 10.2. The number of carbonyl (C=O) groups is 1. The highest BCUT2D eigenvalue weighted by atomic mass is 16.6. The Morgan fingerprint density at radius 1 is 1.50 bits per heavy atom. The molecule has 0 aromatic carbocycles. The molecule has 0 aromatic rings. The largest absolute Gasteiger partial charge is 0.459 e. The molecule has 0 aliphatic rings. The highest BCUT2D eigenvalue weighted by Crippen LogP contribution is 2.05. The molecule has 0 unspecified atom stereocenters. The zero-order valence-corrected chi connectivity index (χ0v) is 9.22. The summed E-state index contributed by atoms with van der Waals surface area (Å²) in [6, 6.07) is 0. The van der Waals surface area contributed by atoms with Crippen LogP contribution in [-0.4, -0.2) is 24.7 Å². The molecule has 0 fully saturated rings. The molecule has 0 rings (SSSR count). The molecule has 0 aromatic heterocycles. The minimum atomic E-state index is -0.405. The molecule has 80 valence electrons. The molecule has 14 heavy (non-hydrogen) atoms. The molecule has 3 heteroatoms. The van der Waals surface area contributed by atoms with Gasteiger partial charge in [-0.05, 0) is 33.7 Å². The van der Waals surface area contributed by atoms with Crippen LogP contribution in [0.25, 0.3) is 0 Å². The number of carbonyl (C=O) groups excluding carboxylic acids is 1. The highest BCUT2D eigenvalue weighted by molar-refractivity contribution is 5.72. The van der Waals surface area contributed by atoms with Gasteiger partial charge in [0.25, 0.3) is 0 Å². The maximum absolute atomic E-state index is 11.2. The zero-order chi connectivity index (χ0) is 11.0. The number of esters is 1. The molecule has 0 atom stereocenters. The predicted octanol–water partition coefficient (Wildman–Crippen LogP) is 1.33. The van der Waals surface area contributed by atoms with Crippen molar-refractivity contribution in [2.45, 2.75) is 39.2 Å². The summed E-state index contributed by atoms with van der Waals surface area (Å²) in [7, 11) is 0. The van der Waals surface area contributed by atoms with E-state index in [1.807, 2.05) is 20.8 Å². The van der Waals surface area contributed by atoms with Gasteiger partial charge < -0.3 is 10.1 Å². The van der Waals surface area contributed by atoms with Crippen molar-refractivity contribution in [3.63, 3.8) is 0 Å². The Labute approximate surface area is 86.2 Å².